The lowest BCUT2D eigenvalue weighted by Gasteiger charge is -2.20. The molecule has 0 N–H and O–H groups in total. The fourth-order valence-corrected chi connectivity index (χ4v) is 4.33. The molecule has 1 aliphatic rings. The van der Waals surface area contributed by atoms with Crippen molar-refractivity contribution >= 4 is 17.5 Å². The molecule has 1 fully saturated rings. The Kier molecular flexibility index (Phi) is 5.56. The largest absolute Gasteiger partial charge is 0.299 e. The number of thioether (sulfide) groups is 1. The van der Waals surface area contributed by atoms with Gasteiger partial charge in [0.1, 0.15) is 5.78 Å². The predicted octanol–water partition coefficient (Wildman–Crippen LogP) is 5.43. The van der Waals surface area contributed by atoms with Crippen LogP contribution < -0.4 is 0 Å². The molecule has 0 bridgehead atoms. The van der Waals surface area contributed by atoms with Crippen LogP contribution in [0.2, 0.25) is 0 Å². The third kappa shape index (κ3) is 4.03. The van der Waals surface area contributed by atoms with Crippen molar-refractivity contribution in [3.63, 3.8) is 0 Å². The van der Waals surface area contributed by atoms with E-state index in [0.29, 0.717) is 6.04 Å². The molecule has 26 heavy (non-hydrogen) atoms. The second-order valence-corrected chi connectivity index (χ2v) is 9.62. The van der Waals surface area contributed by atoms with Crippen molar-refractivity contribution in [1.29, 1.82) is 0 Å². The third-order valence-electron chi connectivity index (χ3n) is 5.22. The van der Waals surface area contributed by atoms with Crippen LogP contribution in [-0.4, -0.2) is 25.8 Å². The van der Waals surface area contributed by atoms with E-state index < -0.39 is 0 Å². The average molecular weight is 372 g/mol. The smallest absolute Gasteiger partial charge is 0.192 e. The minimum atomic E-state index is -0.101. The lowest BCUT2D eigenvalue weighted by molar-refractivity contribution is -0.116. The zero-order chi connectivity index (χ0) is 18.9. The van der Waals surface area contributed by atoms with Crippen LogP contribution in [0, 0.1) is 0 Å². The molecule has 4 nitrogen and oxygen atoms in total. The first-order chi connectivity index (χ1) is 12.3. The van der Waals surface area contributed by atoms with Gasteiger partial charge in [-0.25, -0.2) is 0 Å². The quantitative estimate of drug-likeness (QED) is 0.658. The number of hydrogen-bond acceptors (Lipinski definition) is 4. The standard InChI is InChI=1S/C21H29N3OS/c1-14(25)15(2)26-20-23-22-19(24(20)18-8-6-7-9-18)16-10-12-17(13-11-16)21(3,4)5/h10-13,15,18H,6-9H2,1-5H3. The van der Waals surface area contributed by atoms with Crippen LogP contribution in [0.3, 0.4) is 0 Å². The van der Waals surface area contributed by atoms with E-state index in [4.69, 9.17) is 0 Å². The summed E-state index contributed by atoms with van der Waals surface area (Å²) in [5, 5.41) is 9.74. The SMILES string of the molecule is CC(=O)C(C)Sc1nnc(-c2ccc(C(C)(C)C)cc2)n1C1CCCC1. The van der Waals surface area contributed by atoms with Crippen molar-refractivity contribution in [3.8, 4) is 11.4 Å². The van der Waals surface area contributed by atoms with Gasteiger partial charge in [0, 0.05) is 11.6 Å². The van der Waals surface area contributed by atoms with Gasteiger partial charge in [-0.3, -0.25) is 9.36 Å². The summed E-state index contributed by atoms with van der Waals surface area (Å²) in [6.45, 7) is 10.3. The lowest BCUT2D eigenvalue weighted by atomic mass is 9.86. The number of rotatable bonds is 5. The molecule has 1 saturated carbocycles. The van der Waals surface area contributed by atoms with Crippen molar-refractivity contribution in [1.82, 2.24) is 14.8 Å². The Morgan fingerprint density at radius 3 is 2.31 bits per heavy atom. The van der Waals surface area contributed by atoms with Crippen LogP contribution in [-0.2, 0) is 10.2 Å². The highest BCUT2D eigenvalue weighted by Gasteiger charge is 2.26. The van der Waals surface area contributed by atoms with Gasteiger partial charge in [-0.2, -0.15) is 0 Å². The summed E-state index contributed by atoms with van der Waals surface area (Å²) >= 11 is 1.53. The van der Waals surface area contributed by atoms with Crippen LogP contribution >= 0.6 is 11.8 Å². The molecule has 0 spiro atoms. The maximum absolute atomic E-state index is 11.7. The van der Waals surface area contributed by atoms with Gasteiger partial charge in [-0.15, -0.1) is 10.2 Å². The second-order valence-electron chi connectivity index (χ2n) is 8.31. The van der Waals surface area contributed by atoms with E-state index in [1.807, 2.05) is 6.92 Å². The van der Waals surface area contributed by atoms with Crippen LogP contribution in [0.4, 0.5) is 0 Å². The van der Waals surface area contributed by atoms with Gasteiger partial charge in [0.05, 0.1) is 5.25 Å². The van der Waals surface area contributed by atoms with Crippen LogP contribution in [0.1, 0.15) is 71.9 Å². The molecule has 0 radical (unpaired) electrons. The molecule has 0 amide bonds. The number of nitrogens with zero attached hydrogens (tertiary/aromatic N) is 3. The minimum Gasteiger partial charge on any atom is -0.299 e. The van der Waals surface area contributed by atoms with Gasteiger partial charge in [0.25, 0.3) is 0 Å². The Balaban J connectivity index is 1.98. The molecule has 140 valence electrons. The highest BCUT2D eigenvalue weighted by Crippen LogP contribution is 2.38. The number of ketones is 1. The molecule has 1 aromatic carbocycles. The second kappa shape index (κ2) is 7.55. The van der Waals surface area contributed by atoms with E-state index in [-0.39, 0.29) is 16.4 Å². The highest BCUT2D eigenvalue weighted by molar-refractivity contribution is 8.00. The van der Waals surface area contributed by atoms with Crippen LogP contribution in [0.25, 0.3) is 11.4 Å². The highest BCUT2D eigenvalue weighted by atomic mass is 32.2. The van der Waals surface area contributed by atoms with Crippen molar-refractivity contribution < 1.29 is 4.79 Å². The van der Waals surface area contributed by atoms with Crippen LogP contribution in [0.15, 0.2) is 29.4 Å². The van der Waals surface area contributed by atoms with Crippen LogP contribution in [0.5, 0.6) is 0 Å². The number of aromatic nitrogens is 3. The first-order valence-corrected chi connectivity index (χ1v) is 10.4. The fraction of sp³-hybridized carbons (Fsp3) is 0.571. The first kappa shape index (κ1) is 19.2. The Hall–Kier alpha value is -1.62. The summed E-state index contributed by atoms with van der Waals surface area (Å²) in [7, 11) is 0. The molecule has 2 aromatic rings. The van der Waals surface area contributed by atoms with E-state index >= 15 is 0 Å². The summed E-state index contributed by atoms with van der Waals surface area (Å²) < 4.78 is 2.28. The van der Waals surface area contributed by atoms with E-state index in [1.165, 1.54) is 30.2 Å². The van der Waals surface area contributed by atoms with Gasteiger partial charge < -0.3 is 0 Å². The van der Waals surface area contributed by atoms with E-state index in [9.17, 15) is 4.79 Å². The molecular formula is C21H29N3OS. The summed E-state index contributed by atoms with van der Waals surface area (Å²) in [6.07, 6.45) is 4.81. The zero-order valence-corrected chi connectivity index (χ0v) is 17.3. The summed E-state index contributed by atoms with van der Waals surface area (Å²) in [5.74, 6) is 1.10. The lowest BCUT2D eigenvalue weighted by Crippen LogP contribution is -2.13. The molecule has 0 aliphatic heterocycles. The number of carbonyl (C=O) groups is 1. The Morgan fingerprint density at radius 2 is 1.77 bits per heavy atom. The van der Waals surface area contributed by atoms with Crippen molar-refractivity contribution in [2.45, 2.75) is 82.2 Å². The minimum absolute atomic E-state index is 0.101. The molecule has 1 atom stereocenters. The van der Waals surface area contributed by atoms with E-state index in [0.717, 1.165) is 29.4 Å². The number of carbonyl (C=O) groups excluding carboxylic acids is 1. The monoisotopic (exact) mass is 371 g/mol. The first-order valence-electron chi connectivity index (χ1n) is 9.50. The number of hydrogen-bond donors (Lipinski definition) is 0. The normalized spacial score (nSPS) is 16.8. The third-order valence-corrected chi connectivity index (χ3v) is 6.39. The Morgan fingerprint density at radius 1 is 1.15 bits per heavy atom. The predicted molar refractivity (Wildman–Crippen MR) is 108 cm³/mol. The van der Waals surface area contributed by atoms with Crippen molar-refractivity contribution in [2.24, 2.45) is 0 Å². The fourth-order valence-electron chi connectivity index (χ4n) is 3.41. The zero-order valence-electron chi connectivity index (χ0n) is 16.5. The number of Topliss-reactive ketones (excluding diaryl/α,β-unsaturated/α-hetero) is 1. The molecule has 1 unspecified atom stereocenters. The maximum atomic E-state index is 11.7. The number of benzene rings is 1. The maximum Gasteiger partial charge on any atom is 0.192 e. The summed E-state index contributed by atoms with van der Waals surface area (Å²) in [4.78, 5) is 11.7. The van der Waals surface area contributed by atoms with Gasteiger partial charge in [0.2, 0.25) is 0 Å². The molecule has 1 aromatic heterocycles. The molecule has 1 aliphatic carbocycles. The average Bonchev–Trinajstić information content (AvgIpc) is 3.23. The Bertz CT molecular complexity index is 768. The van der Waals surface area contributed by atoms with Gasteiger partial charge in [-0.1, -0.05) is 69.6 Å². The molecule has 3 rings (SSSR count). The van der Waals surface area contributed by atoms with Gasteiger partial charge in [-0.05, 0) is 37.7 Å². The van der Waals surface area contributed by atoms with Crippen molar-refractivity contribution in [3.05, 3.63) is 29.8 Å². The molecular weight excluding hydrogens is 342 g/mol. The van der Waals surface area contributed by atoms with E-state index in [1.54, 1.807) is 6.92 Å². The molecule has 0 saturated heterocycles. The summed E-state index contributed by atoms with van der Waals surface area (Å²) in [6, 6.07) is 9.11. The van der Waals surface area contributed by atoms with Gasteiger partial charge >= 0.3 is 0 Å². The summed E-state index contributed by atoms with van der Waals surface area (Å²) in [5.41, 5.74) is 2.54. The Labute approximate surface area is 160 Å². The molecule has 5 heteroatoms. The topological polar surface area (TPSA) is 47.8 Å². The van der Waals surface area contributed by atoms with E-state index in [2.05, 4.69) is 59.8 Å². The molecule has 1 heterocycles. The van der Waals surface area contributed by atoms with Crippen molar-refractivity contribution in [2.75, 3.05) is 0 Å². The van der Waals surface area contributed by atoms with Gasteiger partial charge in [0.15, 0.2) is 11.0 Å².